The normalized spacial score (nSPS) is 23.0. The van der Waals surface area contributed by atoms with Crippen LogP contribution in [0.4, 0.5) is 54.4 Å². The van der Waals surface area contributed by atoms with Gasteiger partial charge in [-0.2, -0.15) is 39.5 Å². The maximum Gasteiger partial charge on any atom is 0.416 e. The second kappa shape index (κ2) is 12.1. The molecule has 1 saturated heterocycles. The first kappa shape index (κ1) is 33.4. The first-order valence-electron chi connectivity index (χ1n) is 13.7. The van der Waals surface area contributed by atoms with E-state index in [4.69, 9.17) is 0 Å². The molecule has 0 aromatic heterocycles. The minimum absolute atomic E-state index is 0.0114. The Bertz CT molecular complexity index is 1320. The highest BCUT2D eigenvalue weighted by Gasteiger charge is 2.46. The number of alkyl halides is 9. The average Bonchev–Trinajstić information content (AvgIpc) is 3.40. The number of nitrogens with zero attached hydrogens (tertiary/aromatic N) is 3. The Morgan fingerprint density at radius 2 is 1.30 bits per heavy atom. The highest BCUT2D eigenvalue weighted by Crippen LogP contribution is 2.42. The summed E-state index contributed by atoms with van der Waals surface area (Å²) in [5, 5.41) is 0. The fourth-order valence-corrected chi connectivity index (χ4v) is 5.94. The van der Waals surface area contributed by atoms with Crippen LogP contribution in [0.25, 0.3) is 0 Å². The number of carbonyl (C=O) groups is 2. The fraction of sp³-hybridized carbons (Fsp3) is 0.517. The van der Waals surface area contributed by atoms with Crippen molar-refractivity contribution in [1.82, 2.24) is 9.80 Å². The van der Waals surface area contributed by atoms with E-state index < -0.39 is 76.9 Å². The molecule has 1 heterocycles. The Labute approximate surface area is 246 Å². The van der Waals surface area contributed by atoms with Crippen LogP contribution in [0.2, 0.25) is 0 Å². The summed E-state index contributed by atoms with van der Waals surface area (Å²) in [6.45, 7) is -0.0933. The quantitative estimate of drug-likeness (QED) is 0.321. The predicted molar refractivity (Wildman–Crippen MR) is 139 cm³/mol. The van der Waals surface area contributed by atoms with Gasteiger partial charge in [-0.3, -0.25) is 9.69 Å². The van der Waals surface area contributed by atoms with Crippen molar-refractivity contribution in [2.75, 3.05) is 32.1 Å². The molecule has 1 saturated carbocycles. The van der Waals surface area contributed by atoms with Gasteiger partial charge in [-0.15, -0.1) is 0 Å². The number of likely N-dealkylation sites (tertiary alicyclic amines) is 1. The van der Waals surface area contributed by atoms with Crippen molar-refractivity contribution in [3.63, 3.8) is 0 Å². The summed E-state index contributed by atoms with van der Waals surface area (Å²) >= 11 is 0. The van der Waals surface area contributed by atoms with Crippen LogP contribution < -0.4 is 4.90 Å². The zero-order chi connectivity index (χ0) is 32.8. The van der Waals surface area contributed by atoms with Gasteiger partial charge < -0.3 is 9.80 Å². The summed E-state index contributed by atoms with van der Waals surface area (Å²) in [7, 11) is 2.29. The average molecular weight is 642 g/mol. The van der Waals surface area contributed by atoms with E-state index >= 15 is 0 Å². The molecule has 2 atom stereocenters. The third kappa shape index (κ3) is 7.23. The van der Waals surface area contributed by atoms with Crippen molar-refractivity contribution < 1.29 is 53.5 Å². The summed E-state index contributed by atoms with van der Waals surface area (Å²) in [4.78, 5) is 30.0. The first-order chi connectivity index (χ1) is 20.3. The molecule has 1 aliphatic heterocycles. The van der Waals surface area contributed by atoms with Gasteiger partial charge in [0.25, 0.3) is 0 Å². The molecule has 15 heteroatoms. The van der Waals surface area contributed by atoms with E-state index in [1.807, 2.05) is 0 Å². The molecule has 3 amide bonds. The number of rotatable bonds is 4. The van der Waals surface area contributed by atoms with Gasteiger partial charge in [0.15, 0.2) is 0 Å². The molecular weight excluding hydrogens is 612 g/mol. The van der Waals surface area contributed by atoms with Gasteiger partial charge in [0, 0.05) is 44.7 Å². The monoisotopic (exact) mass is 641 g/mol. The fourth-order valence-electron chi connectivity index (χ4n) is 5.94. The van der Waals surface area contributed by atoms with E-state index in [0.717, 1.165) is 24.1 Å². The minimum atomic E-state index is -5.13. The summed E-state index contributed by atoms with van der Waals surface area (Å²) in [6.07, 6.45) is -15.0. The molecule has 0 unspecified atom stereocenters. The Morgan fingerprint density at radius 1 is 0.773 bits per heavy atom. The maximum absolute atomic E-state index is 13.7. The zero-order valence-electron chi connectivity index (χ0n) is 23.5. The van der Waals surface area contributed by atoms with Crippen LogP contribution in [0.3, 0.4) is 0 Å². The van der Waals surface area contributed by atoms with E-state index in [2.05, 4.69) is 0 Å². The summed E-state index contributed by atoms with van der Waals surface area (Å²) in [5.74, 6) is -3.80. The third-order valence-corrected chi connectivity index (χ3v) is 8.48. The minimum Gasteiger partial charge on any atom is -0.340 e. The molecule has 2 fully saturated rings. The van der Waals surface area contributed by atoms with Gasteiger partial charge in [-0.1, -0.05) is 12.1 Å². The van der Waals surface area contributed by atoms with Gasteiger partial charge in [0.1, 0.15) is 5.82 Å². The Morgan fingerprint density at radius 3 is 1.77 bits per heavy atom. The second-order valence-corrected chi connectivity index (χ2v) is 11.3. The lowest BCUT2D eigenvalue weighted by molar-refractivity contribution is -0.185. The number of hydrogen-bond acceptors (Lipinski definition) is 2. The van der Waals surface area contributed by atoms with E-state index in [1.165, 1.54) is 24.1 Å². The number of urea groups is 1. The number of carbonyl (C=O) groups excluding carboxylic acids is 2. The number of halogens is 10. The first-order valence-corrected chi connectivity index (χ1v) is 13.7. The molecule has 0 N–H and O–H groups in total. The van der Waals surface area contributed by atoms with Crippen molar-refractivity contribution in [3.05, 3.63) is 65.0 Å². The highest BCUT2D eigenvalue weighted by atomic mass is 19.4. The molecule has 2 aromatic carbocycles. The molecule has 0 spiro atoms. The van der Waals surface area contributed by atoms with E-state index in [9.17, 15) is 53.5 Å². The van der Waals surface area contributed by atoms with Crippen LogP contribution in [0.1, 0.15) is 48.3 Å². The molecule has 0 radical (unpaired) electrons. The smallest absolute Gasteiger partial charge is 0.340 e. The summed E-state index contributed by atoms with van der Waals surface area (Å²) in [6, 6.07) is 4.13. The molecule has 4 rings (SSSR count). The van der Waals surface area contributed by atoms with Gasteiger partial charge in [-0.05, 0) is 61.6 Å². The van der Waals surface area contributed by atoms with Gasteiger partial charge in [-0.25, -0.2) is 9.18 Å². The molecule has 5 nitrogen and oxygen atoms in total. The van der Waals surface area contributed by atoms with Crippen molar-refractivity contribution in [2.24, 2.45) is 11.8 Å². The topological polar surface area (TPSA) is 43.9 Å². The number of likely N-dealkylation sites (N-methyl/N-ethyl adjacent to an activating group) is 1. The molecular formula is C29H29F10N3O2. The van der Waals surface area contributed by atoms with Crippen molar-refractivity contribution in [3.8, 4) is 0 Å². The van der Waals surface area contributed by atoms with Crippen LogP contribution in [-0.4, -0.2) is 61.1 Å². The zero-order valence-corrected chi connectivity index (χ0v) is 23.5. The lowest BCUT2D eigenvalue weighted by Crippen LogP contribution is -2.48. The van der Waals surface area contributed by atoms with Crippen LogP contribution >= 0.6 is 0 Å². The number of benzene rings is 2. The van der Waals surface area contributed by atoms with Crippen molar-refractivity contribution in [2.45, 2.75) is 56.2 Å². The number of anilines is 1. The van der Waals surface area contributed by atoms with Gasteiger partial charge in [0.2, 0.25) is 5.91 Å². The highest BCUT2D eigenvalue weighted by molar-refractivity contribution is 5.92. The predicted octanol–water partition coefficient (Wildman–Crippen LogP) is 7.71. The molecule has 2 aliphatic rings. The van der Waals surface area contributed by atoms with E-state index in [1.54, 1.807) is 0 Å². The molecule has 2 aromatic rings. The molecule has 242 valence electrons. The van der Waals surface area contributed by atoms with Crippen LogP contribution in [-0.2, 0) is 17.1 Å². The largest absolute Gasteiger partial charge is 0.416 e. The Kier molecular flexibility index (Phi) is 9.19. The van der Waals surface area contributed by atoms with Crippen LogP contribution in [0, 0.1) is 17.7 Å². The molecule has 1 aliphatic carbocycles. The maximum atomic E-state index is 13.7. The Hall–Kier alpha value is -3.52. The summed E-state index contributed by atoms with van der Waals surface area (Å²) in [5.41, 5.74) is -3.37. The number of amides is 3. The molecule has 44 heavy (non-hydrogen) atoms. The third-order valence-electron chi connectivity index (χ3n) is 8.48. The van der Waals surface area contributed by atoms with Crippen molar-refractivity contribution >= 4 is 17.6 Å². The van der Waals surface area contributed by atoms with Crippen LogP contribution in [0.15, 0.2) is 42.5 Å². The Balaban J connectivity index is 1.60. The van der Waals surface area contributed by atoms with Gasteiger partial charge in [0.05, 0.1) is 23.1 Å². The summed E-state index contributed by atoms with van der Waals surface area (Å²) < 4.78 is 134. The molecule has 0 bridgehead atoms. The second-order valence-electron chi connectivity index (χ2n) is 11.3. The standard InChI is InChI=1S/C29H29F10N3O2/c1-40(22-12-19(28(34,35)36)11-20(13-22)29(37,38)39)26(44)41(2)24-15-42(14-23(24)16-5-9-21(30)10-6-16)25(43)17-3-7-18(8-4-17)27(31,32)33/h5-6,9-13,17-18,23-24H,3-4,7-8,14-15H2,1-2H3/t17-,18-,23-,24+/m0/s1. The van der Waals surface area contributed by atoms with E-state index in [-0.39, 0.29) is 44.8 Å². The SMILES string of the molecule is CN(C(=O)N(C)[C@@H]1CN(C(=O)[C@H]2CC[C@H](C(F)(F)F)CC2)C[C@H]1c1ccc(F)cc1)c1cc(C(F)(F)F)cc(C(F)(F)F)c1. The van der Waals surface area contributed by atoms with Crippen molar-refractivity contribution in [1.29, 1.82) is 0 Å². The lowest BCUT2D eigenvalue weighted by atomic mass is 9.81. The lowest BCUT2D eigenvalue weighted by Gasteiger charge is -2.33. The van der Waals surface area contributed by atoms with E-state index in [0.29, 0.717) is 22.6 Å². The van der Waals surface area contributed by atoms with Gasteiger partial charge >= 0.3 is 24.6 Å². The van der Waals surface area contributed by atoms with Crippen LogP contribution in [0.5, 0.6) is 0 Å². The number of hydrogen-bond donors (Lipinski definition) is 0.